The van der Waals surface area contributed by atoms with Gasteiger partial charge in [-0.2, -0.15) is 10.2 Å². The van der Waals surface area contributed by atoms with Gasteiger partial charge in [-0.1, -0.05) is 20.8 Å². The van der Waals surface area contributed by atoms with E-state index in [2.05, 4.69) is 48.2 Å². The van der Waals surface area contributed by atoms with Crippen LogP contribution in [0.2, 0.25) is 0 Å². The Balaban J connectivity index is 1.65. The van der Waals surface area contributed by atoms with Crippen LogP contribution in [0.15, 0.2) is 11.6 Å². The number of amides is 1. The van der Waals surface area contributed by atoms with E-state index in [4.69, 9.17) is 0 Å². The number of aryl methyl sites for hydroxylation is 3. The second kappa shape index (κ2) is 6.59. The normalized spacial score (nSPS) is 12.0. The topological polar surface area (TPSA) is 77.6 Å². The number of rotatable bonds is 5. The van der Waals surface area contributed by atoms with E-state index in [9.17, 15) is 4.79 Å². The number of aromatic nitrogens is 5. The Bertz CT molecular complexity index is 898. The van der Waals surface area contributed by atoms with E-state index in [0.29, 0.717) is 18.1 Å². The molecule has 0 aliphatic carbocycles. The van der Waals surface area contributed by atoms with Crippen molar-refractivity contribution in [1.29, 1.82) is 0 Å². The first-order chi connectivity index (χ1) is 11.8. The highest BCUT2D eigenvalue weighted by Crippen LogP contribution is 2.26. The van der Waals surface area contributed by atoms with Crippen LogP contribution in [0.5, 0.6) is 0 Å². The van der Waals surface area contributed by atoms with Crippen LogP contribution in [-0.4, -0.2) is 30.5 Å². The average molecular weight is 360 g/mol. The van der Waals surface area contributed by atoms with Crippen molar-refractivity contribution in [3.63, 3.8) is 0 Å². The number of carbonyl (C=O) groups excluding carboxylic acids is 1. The molecule has 0 bridgehead atoms. The van der Waals surface area contributed by atoms with Crippen LogP contribution in [0.4, 0.5) is 5.13 Å². The molecule has 7 nitrogen and oxygen atoms in total. The maximum absolute atomic E-state index is 12.2. The zero-order chi connectivity index (χ0) is 18.2. The highest BCUT2D eigenvalue weighted by atomic mass is 32.1. The molecule has 0 aromatic carbocycles. The van der Waals surface area contributed by atoms with Crippen LogP contribution in [0, 0.1) is 6.92 Å². The van der Waals surface area contributed by atoms with Gasteiger partial charge in [0.1, 0.15) is 11.0 Å². The van der Waals surface area contributed by atoms with Crippen LogP contribution in [0.1, 0.15) is 45.5 Å². The molecule has 3 aromatic heterocycles. The molecule has 3 rings (SSSR count). The lowest BCUT2D eigenvalue weighted by Crippen LogP contribution is -2.16. The van der Waals surface area contributed by atoms with Gasteiger partial charge in [-0.3, -0.25) is 14.2 Å². The number of hydrogen-bond acceptors (Lipinski definition) is 5. The van der Waals surface area contributed by atoms with Gasteiger partial charge in [0, 0.05) is 23.8 Å². The Labute approximate surface area is 151 Å². The molecule has 8 heteroatoms. The Morgan fingerprint density at radius 3 is 2.72 bits per heavy atom. The van der Waals surface area contributed by atoms with E-state index in [0.717, 1.165) is 29.0 Å². The molecule has 0 fully saturated rings. The summed E-state index contributed by atoms with van der Waals surface area (Å²) in [5.74, 6) is -0.0565. The summed E-state index contributed by atoms with van der Waals surface area (Å²) in [4.78, 5) is 16.7. The SMILES string of the molecule is CCn1nc(C)c2c1cnn2CCC(=O)Nc1nc(C(C)(C)C)cs1. The quantitative estimate of drug-likeness (QED) is 0.757. The number of anilines is 1. The Hall–Kier alpha value is -2.22. The molecule has 0 aliphatic heterocycles. The van der Waals surface area contributed by atoms with Crippen molar-refractivity contribution in [2.45, 2.75) is 59.5 Å². The fourth-order valence-corrected chi connectivity index (χ4v) is 3.65. The van der Waals surface area contributed by atoms with Gasteiger partial charge < -0.3 is 5.32 Å². The highest BCUT2D eigenvalue weighted by Gasteiger charge is 2.18. The van der Waals surface area contributed by atoms with Gasteiger partial charge in [0.2, 0.25) is 5.91 Å². The summed E-state index contributed by atoms with van der Waals surface area (Å²) in [7, 11) is 0. The third-order valence-electron chi connectivity index (χ3n) is 4.08. The van der Waals surface area contributed by atoms with Crippen LogP contribution in [-0.2, 0) is 23.3 Å². The Morgan fingerprint density at radius 1 is 1.32 bits per heavy atom. The third kappa shape index (κ3) is 3.58. The summed E-state index contributed by atoms with van der Waals surface area (Å²) < 4.78 is 3.78. The summed E-state index contributed by atoms with van der Waals surface area (Å²) in [5, 5.41) is 14.4. The molecular formula is C17H24N6OS. The predicted octanol–water partition coefficient (Wildman–Crippen LogP) is 3.34. The minimum Gasteiger partial charge on any atom is -0.302 e. The molecule has 0 aliphatic rings. The number of fused-ring (bicyclic) bond motifs is 1. The molecule has 1 amide bonds. The number of carbonyl (C=O) groups is 1. The zero-order valence-electron chi connectivity index (χ0n) is 15.3. The van der Waals surface area contributed by atoms with Crippen molar-refractivity contribution in [3.05, 3.63) is 23.0 Å². The van der Waals surface area contributed by atoms with E-state index in [-0.39, 0.29) is 11.3 Å². The highest BCUT2D eigenvalue weighted by molar-refractivity contribution is 7.13. The molecule has 0 saturated heterocycles. The van der Waals surface area contributed by atoms with Gasteiger partial charge in [-0.15, -0.1) is 11.3 Å². The average Bonchev–Trinajstić information content (AvgIpc) is 3.22. The monoisotopic (exact) mass is 360 g/mol. The molecular weight excluding hydrogens is 336 g/mol. The molecule has 134 valence electrons. The maximum atomic E-state index is 12.2. The summed E-state index contributed by atoms with van der Waals surface area (Å²) in [5.41, 5.74) is 3.92. The lowest BCUT2D eigenvalue weighted by molar-refractivity contribution is -0.116. The van der Waals surface area contributed by atoms with Gasteiger partial charge in [-0.05, 0) is 13.8 Å². The molecule has 0 spiro atoms. The number of thiazole rings is 1. The molecule has 1 N–H and O–H groups in total. The second-order valence-corrected chi connectivity index (χ2v) is 7.95. The van der Waals surface area contributed by atoms with E-state index in [1.165, 1.54) is 11.3 Å². The molecule has 25 heavy (non-hydrogen) atoms. The lowest BCUT2D eigenvalue weighted by Gasteiger charge is -2.14. The summed E-state index contributed by atoms with van der Waals surface area (Å²) in [6.45, 7) is 11.7. The van der Waals surface area contributed by atoms with Gasteiger partial charge in [0.25, 0.3) is 0 Å². The van der Waals surface area contributed by atoms with Crippen molar-refractivity contribution in [1.82, 2.24) is 24.5 Å². The fraction of sp³-hybridized carbons (Fsp3) is 0.529. The third-order valence-corrected chi connectivity index (χ3v) is 4.84. The van der Waals surface area contributed by atoms with Crippen molar-refractivity contribution in [3.8, 4) is 0 Å². The minimum absolute atomic E-state index is 0.0168. The second-order valence-electron chi connectivity index (χ2n) is 7.09. The predicted molar refractivity (Wildman–Crippen MR) is 100.0 cm³/mol. The smallest absolute Gasteiger partial charge is 0.228 e. The number of hydrogen-bond donors (Lipinski definition) is 1. The minimum atomic E-state index is -0.0565. The van der Waals surface area contributed by atoms with Crippen LogP contribution < -0.4 is 5.32 Å². The van der Waals surface area contributed by atoms with Crippen LogP contribution >= 0.6 is 11.3 Å². The van der Waals surface area contributed by atoms with Gasteiger partial charge in [0.05, 0.1) is 24.1 Å². The first kappa shape index (κ1) is 17.6. The molecule has 0 unspecified atom stereocenters. The fourth-order valence-electron chi connectivity index (χ4n) is 2.69. The Kier molecular flexibility index (Phi) is 4.64. The van der Waals surface area contributed by atoms with Gasteiger partial charge in [-0.25, -0.2) is 4.98 Å². The van der Waals surface area contributed by atoms with E-state index < -0.39 is 0 Å². The lowest BCUT2D eigenvalue weighted by atomic mass is 9.93. The van der Waals surface area contributed by atoms with E-state index >= 15 is 0 Å². The molecule has 0 atom stereocenters. The van der Waals surface area contributed by atoms with Crippen LogP contribution in [0.3, 0.4) is 0 Å². The van der Waals surface area contributed by atoms with Gasteiger partial charge in [0.15, 0.2) is 5.13 Å². The van der Waals surface area contributed by atoms with E-state index in [1.807, 2.05) is 27.9 Å². The van der Waals surface area contributed by atoms with Crippen molar-refractivity contribution in [2.75, 3.05) is 5.32 Å². The van der Waals surface area contributed by atoms with E-state index in [1.54, 1.807) is 0 Å². The van der Waals surface area contributed by atoms with Crippen molar-refractivity contribution >= 4 is 33.4 Å². The van der Waals surface area contributed by atoms with Gasteiger partial charge >= 0.3 is 0 Å². The van der Waals surface area contributed by atoms with Crippen molar-refractivity contribution in [2.24, 2.45) is 0 Å². The summed E-state index contributed by atoms with van der Waals surface area (Å²) in [6.07, 6.45) is 2.16. The number of nitrogens with one attached hydrogen (secondary N) is 1. The Morgan fingerprint density at radius 2 is 2.08 bits per heavy atom. The molecule has 0 saturated carbocycles. The number of nitrogens with zero attached hydrogens (tertiary/aromatic N) is 5. The molecule has 3 aromatic rings. The zero-order valence-corrected chi connectivity index (χ0v) is 16.1. The largest absolute Gasteiger partial charge is 0.302 e. The standard InChI is InChI=1S/C17H24N6OS/c1-6-22-12-9-18-23(15(12)11(2)21-22)8-7-14(24)20-16-19-13(10-25-16)17(3,4)5/h9-10H,6-8H2,1-5H3,(H,19,20,24). The molecule has 0 radical (unpaired) electrons. The summed E-state index contributed by atoms with van der Waals surface area (Å²) >= 11 is 1.46. The van der Waals surface area contributed by atoms with Crippen LogP contribution in [0.25, 0.3) is 11.0 Å². The molecule has 3 heterocycles. The first-order valence-corrected chi connectivity index (χ1v) is 9.32. The summed E-state index contributed by atoms with van der Waals surface area (Å²) in [6, 6.07) is 0. The first-order valence-electron chi connectivity index (χ1n) is 8.44. The van der Waals surface area contributed by atoms with Crippen molar-refractivity contribution < 1.29 is 4.79 Å². The maximum Gasteiger partial charge on any atom is 0.228 e.